The van der Waals surface area contributed by atoms with Gasteiger partial charge in [-0.3, -0.25) is 14.3 Å². The standard InChI is InChI=1S/C21H25N6O7P/c1-3-31-35(30,32-4-2)11-10-14-12-15(34-20(29)13-8-6-5-7-9-13)19(33-14)27-17-16(25-26-27)18(28)24-21(22)23-17/h5-11,14-15,19H,3-4,12H2,1-2H3,(H3,22,23,24,28). The molecule has 1 aromatic carbocycles. The van der Waals surface area contributed by atoms with Crippen molar-refractivity contribution in [3.8, 4) is 0 Å². The van der Waals surface area contributed by atoms with Crippen molar-refractivity contribution in [2.45, 2.75) is 38.7 Å². The first-order valence-electron chi connectivity index (χ1n) is 10.9. The number of carbonyl (C=O) groups is 1. The summed E-state index contributed by atoms with van der Waals surface area (Å²) < 4.78 is 36.4. The second-order valence-electron chi connectivity index (χ2n) is 7.48. The largest absolute Gasteiger partial charge is 0.454 e. The number of hydrogen-bond donors (Lipinski definition) is 2. The number of fused-ring (bicyclic) bond motifs is 1. The number of benzene rings is 1. The summed E-state index contributed by atoms with van der Waals surface area (Å²) in [6.07, 6.45) is -0.764. The number of esters is 1. The zero-order valence-electron chi connectivity index (χ0n) is 19.1. The number of rotatable bonds is 9. The van der Waals surface area contributed by atoms with Gasteiger partial charge in [0.1, 0.15) is 0 Å². The van der Waals surface area contributed by atoms with Crippen molar-refractivity contribution in [3.63, 3.8) is 0 Å². The number of nitrogens with two attached hydrogens (primary N) is 1. The summed E-state index contributed by atoms with van der Waals surface area (Å²) in [7, 11) is -3.48. The molecule has 1 saturated heterocycles. The molecule has 0 spiro atoms. The molecule has 2 aromatic heterocycles. The van der Waals surface area contributed by atoms with Gasteiger partial charge in [-0.25, -0.2) is 4.79 Å². The Labute approximate surface area is 199 Å². The number of nitrogens with one attached hydrogen (secondary N) is 1. The molecule has 3 unspecified atom stereocenters. The third-order valence-corrected chi connectivity index (χ3v) is 6.83. The van der Waals surface area contributed by atoms with Crippen LogP contribution in [-0.2, 0) is 23.1 Å². The van der Waals surface area contributed by atoms with Gasteiger partial charge in [0.05, 0.1) is 24.9 Å². The van der Waals surface area contributed by atoms with Gasteiger partial charge >= 0.3 is 13.6 Å². The van der Waals surface area contributed by atoms with Gasteiger partial charge in [0.25, 0.3) is 5.56 Å². The maximum absolute atomic E-state index is 12.8. The van der Waals surface area contributed by atoms with Crippen LogP contribution in [0, 0.1) is 0 Å². The SMILES string of the molecule is CCOP(=O)(C=CC1CC(OC(=O)c2ccccc2)C(n2nnc3c(=O)[nH]c(N)nc32)O1)OCC. The van der Waals surface area contributed by atoms with Crippen LogP contribution < -0.4 is 11.3 Å². The predicted molar refractivity (Wildman–Crippen MR) is 125 cm³/mol. The zero-order valence-corrected chi connectivity index (χ0v) is 20.0. The number of anilines is 1. The molecule has 3 atom stereocenters. The lowest BCUT2D eigenvalue weighted by Crippen LogP contribution is -2.27. The lowest BCUT2D eigenvalue weighted by atomic mass is 10.2. The van der Waals surface area contributed by atoms with Crippen molar-refractivity contribution in [1.82, 2.24) is 25.0 Å². The summed E-state index contributed by atoms with van der Waals surface area (Å²) in [5, 5.41) is 7.86. The number of nitrogen functional groups attached to an aromatic ring is 1. The maximum atomic E-state index is 12.8. The fourth-order valence-electron chi connectivity index (χ4n) is 3.61. The first-order valence-corrected chi connectivity index (χ1v) is 12.5. The minimum absolute atomic E-state index is 0.0490. The van der Waals surface area contributed by atoms with Crippen molar-refractivity contribution in [2.24, 2.45) is 0 Å². The summed E-state index contributed by atoms with van der Waals surface area (Å²) in [6, 6.07) is 8.46. The minimum Gasteiger partial charge on any atom is -0.454 e. The number of ether oxygens (including phenoxy) is 2. The van der Waals surface area contributed by atoms with Crippen LogP contribution in [0.1, 0.15) is 36.9 Å². The van der Waals surface area contributed by atoms with Gasteiger partial charge < -0.3 is 24.3 Å². The molecule has 0 aliphatic carbocycles. The minimum atomic E-state index is -3.48. The van der Waals surface area contributed by atoms with Crippen LogP contribution in [0.2, 0.25) is 0 Å². The van der Waals surface area contributed by atoms with E-state index in [1.807, 2.05) is 0 Å². The topological polar surface area (TPSA) is 174 Å². The Kier molecular flexibility index (Phi) is 7.41. The van der Waals surface area contributed by atoms with Gasteiger partial charge in [0, 0.05) is 12.2 Å². The number of hydrogen-bond acceptors (Lipinski definition) is 11. The molecule has 3 N–H and O–H groups in total. The van der Waals surface area contributed by atoms with Gasteiger partial charge in [-0.1, -0.05) is 23.4 Å². The van der Waals surface area contributed by atoms with E-state index < -0.39 is 37.6 Å². The van der Waals surface area contributed by atoms with Crippen molar-refractivity contribution in [3.05, 3.63) is 58.1 Å². The molecule has 0 amide bonds. The smallest absolute Gasteiger partial charge is 0.353 e. The molecule has 0 bridgehead atoms. The Balaban J connectivity index is 1.65. The third kappa shape index (κ3) is 5.49. The van der Waals surface area contributed by atoms with Crippen LogP contribution in [0.4, 0.5) is 5.95 Å². The van der Waals surface area contributed by atoms with E-state index in [0.29, 0.717) is 5.56 Å². The van der Waals surface area contributed by atoms with Crippen molar-refractivity contribution < 1.29 is 27.9 Å². The predicted octanol–water partition coefficient (Wildman–Crippen LogP) is 2.39. The molecular weight excluding hydrogens is 479 g/mol. The molecule has 35 heavy (non-hydrogen) atoms. The lowest BCUT2D eigenvalue weighted by Gasteiger charge is -2.19. The Bertz CT molecular complexity index is 1310. The summed E-state index contributed by atoms with van der Waals surface area (Å²) in [5.41, 5.74) is 5.49. The zero-order chi connectivity index (χ0) is 25.0. The molecule has 4 rings (SSSR count). The molecule has 1 aliphatic heterocycles. The summed E-state index contributed by atoms with van der Waals surface area (Å²) >= 11 is 0. The highest BCUT2D eigenvalue weighted by atomic mass is 31.2. The second kappa shape index (κ2) is 10.5. The van der Waals surface area contributed by atoms with Gasteiger partial charge in [-0.2, -0.15) is 9.67 Å². The average molecular weight is 504 g/mol. The Morgan fingerprint density at radius 1 is 1.29 bits per heavy atom. The third-order valence-electron chi connectivity index (χ3n) is 5.06. The molecule has 1 fully saturated rings. The summed E-state index contributed by atoms with van der Waals surface area (Å²) in [5.74, 6) is 0.620. The van der Waals surface area contributed by atoms with E-state index in [9.17, 15) is 14.2 Å². The molecule has 0 saturated carbocycles. The highest BCUT2D eigenvalue weighted by molar-refractivity contribution is 7.57. The highest BCUT2D eigenvalue weighted by Crippen LogP contribution is 2.50. The molecule has 3 heterocycles. The van der Waals surface area contributed by atoms with Gasteiger partial charge in [-0.05, 0) is 32.1 Å². The fraction of sp³-hybridized carbons (Fsp3) is 0.381. The van der Waals surface area contributed by atoms with E-state index >= 15 is 0 Å². The van der Waals surface area contributed by atoms with Crippen molar-refractivity contribution >= 4 is 30.7 Å². The van der Waals surface area contributed by atoms with Crippen molar-refractivity contribution in [1.29, 1.82) is 0 Å². The lowest BCUT2D eigenvalue weighted by molar-refractivity contribution is -0.0447. The average Bonchev–Trinajstić information content (AvgIpc) is 3.42. The van der Waals surface area contributed by atoms with Gasteiger partial charge in [0.2, 0.25) is 5.95 Å². The van der Waals surface area contributed by atoms with Crippen LogP contribution in [0.5, 0.6) is 0 Å². The first kappa shape index (κ1) is 24.7. The molecular formula is C21H25N6O7P. The van der Waals surface area contributed by atoms with Gasteiger partial charge in [0.15, 0.2) is 23.5 Å². The molecule has 3 aromatic rings. The molecule has 14 heteroatoms. The summed E-state index contributed by atoms with van der Waals surface area (Å²) in [4.78, 5) is 31.4. The number of aromatic nitrogens is 5. The Morgan fingerprint density at radius 3 is 2.69 bits per heavy atom. The quantitative estimate of drug-likeness (QED) is 0.323. The first-order chi connectivity index (χ1) is 16.8. The van der Waals surface area contributed by atoms with E-state index in [1.54, 1.807) is 44.2 Å². The van der Waals surface area contributed by atoms with Crippen LogP contribution in [0.15, 0.2) is 47.0 Å². The van der Waals surface area contributed by atoms with Crippen LogP contribution in [0.25, 0.3) is 11.2 Å². The monoisotopic (exact) mass is 504 g/mol. The molecule has 0 radical (unpaired) electrons. The second-order valence-corrected chi connectivity index (χ2v) is 9.38. The number of H-pyrrole nitrogens is 1. The molecule has 1 aliphatic rings. The van der Waals surface area contributed by atoms with E-state index in [1.165, 1.54) is 16.6 Å². The van der Waals surface area contributed by atoms with Crippen molar-refractivity contribution in [2.75, 3.05) is 18.9 Å². The van der Waals surface area contributed by atoms with Crippen LogP contribution in [0.3, 0.4) is 0 Å². The Morgan fingerprint density at radius 2 is 2.00 bits per heavy atom. The normalized spacial score (nSPS) is 20.6. The molecule has 186 valence electrons. The van der Waals surface area contributed by atoms with Crippen LogP contribution in [-0.4, -0.2) is 56.4 Å². The summed E-state index contributed by atoms with van der Waals surface area (Å²) in [6.45, 7) is 3.80. The van der Waals surface area contributed by atoms with E-state index in [-0.39, 0.29) is 36.7 Å². The molecule has 13 nitrogen and oxygen atoms in total. The fourth-order valence-corrected chi connectivity index (χ4v) is 4.98. The number of aromatic amines is 1. The Hall–Kier alpha value is -3.38. The van der Waals surface area contributed by atoms with E-state index in [4.69, 9.17) is 24.3 Å². The highest BCUT2D eigenvalue weighted by Gasteiger charge is 2.41. The van der Waals surface area contributed by atoms with E-state index in [0.717, 1.165) is 0 Å². The van der Waals surface area contributed by atoms with Crippen LogP contribution >= 0.6 is 7.60 Å². The van der Waals surface area contributed by atoms with Gasteiger partial charge in [-0.15, -0.1) is 5.10 Å². The number of carbonyl (C=O) groups excluding carboxylic acids is 1. The van der Waals surface area contributed by atoms with E-state index in [2.05, 4.69) is 20.3 Å². The number of nitrogens with zero attached hydrogens (tertiary/aromatic N) is 4. The maximum Gasteiger partial charge on any atom is 0.353 e.